The molecule has 1 unspecified atom stereocenters. The van der Waals surface area contributed by atoms with Crippen LogP contribution in [-0.2, 0) is 32.8 Å². The van der Waals surface area contributed by atoms with Crippen LogP contribution in [0.15, 0.2) is 0 Å². The van der Waals surface area contributed by atoms with Crippen LogP contribution in [0.5, 0.6) is 0 Å². The number of nitrogens with two attached hydrogens (primary N) is 1. The molecule has 0 aromatic heterocycles. The summed E-state index contributed by atoms with van der Waals surface area (Å²) in [6, 6.07) is -1.29. The van der Waals surface area contributed by atoms with Crippen molar-refractivity contribution in [2.24, 2.45) is 5.73 Å². The van der Waals surface area contributed by atoms with Gasteiger partial charge in [0.2, 0.25) is 11.7 Å². The van der Waals surface area contributed by atoms with Gasteiger partial charge in [0.05, 0.1) is 13.2 Å². The van der Waals surface area contributed by atoms with E-state index in [0.29, 0.717) is 0 Å². The van der Waals surface area contributed by atoms with Gasteiger partial charge in [-0.15, -0.1) is 0 Å². The van der Waals surface area contributed by atoms with Gasteiger partial charge in [0.15, 0.2) is 0 Å². The van der Waals surface area contributed by atoms with Gasteiger partial charge in [0.1, 0.15) is 12.6 Å². The number of carboxylic acid groups (broad SMARTS) is 2. The summed E-state index contributed by atoms with van der Waals surface area (Å²) in [5.41, 5.74) is 5.29. The second-order valence-electron chi connectivity index (χ2n) is 4.94. The molecule has 0 aliphatic rings. The first kappa shape index (κ1) is 24.0. The molecule has 0 fully saturated rings. The lowest BCUT2D eigenvalue weighted by Gasteiger charge is -2.26. The van der Waals surface area contributed by atoms with Crippen molar-refractivity contribution in [1.29, 1.82) is 0 Å². The Morgan fingerprint density at radius 1 is 1.12 bits per heavy atom. The summed E-state index contributed by atoms with van der Waals surface area (Å²) in [5.74, 6) is -6.35. The Morgan fingerprint density at radius 2 is 1.65 bits per heavy atom. The summed E-state index contributed by atoms with van der Waals surface area (Å²) >= 11 is 0. The van der Waals surface area contributed by atoms with E-state index in [0.717, 1.165) is 0 Å². The molecule has 0 spiro atoms. The van der Waals surface area contributed by atoms with Crippen molar-refractivity contribution in [3.8, 4) is 0 Å². The molecule has 2 amide bonds. The molecule has 0 radical (unpaired) electrons. The molecule has 0 aliphatic carbocycles. The molecule has 0 rings (SSSR count). The molecular weight excluding hydrogens is 373 g/mol. The molecule has 6 N–H and O–H groups in total. The van der Waals surface area contributed by atoms with E-state index >= 15 is 0 Å². The fourth-order valence-electron chi connectivity index (χ4n) is 1.73. The quantitative estimate of drug-likeness (QED) is 0.243. The Hall–Kier alpha value is -2.01. The zero-order valence-electron chi connectivity index (χ0n) is 14.5. The summed E-state index contributed by atoms with van der Waals surface area (Å²) in [6.07, 6.45) is -0.591. The maximum atomic E-state index is 12.8. The van der Waals surface area contributed by atoms with E-state index in [2.05, 4.69) is 5.32 Å². The number of carbonyl (C=O) groups excluding carboxylic acids is 2. The molecule has 150 valence electrons. The largest absolute Gasteiger partial charge is 0.480 e. The fourth-order valence-corrected chi connectivity index (χ4v) is 3.50. The van der Waals surface area contributed by atoms with E-state index in [1.807, 2.05) is 5.32 Å². The van der Waals surface area contributed by atoms with Gasteiger partial charge in [-0.1, -0.05) is 0 Å². The number of rotatable bonds is 13. The highest BCUT2D eigenvalue weighted by molar-refractivity contribution is 7.55. The second-order valence-corrected chi connectivity index (χ2v) is 7.05. The van der Waals surface area contributed by atoms with Crippen molar-refractivity contribution in [3.63, 3.8) is 0 Å². The normalized spacial score (nSPS) is 13.5. The fraction of sp³-hybridized carbons (Fsp3) is 0.692. The lowest BCUT2D eigenvalue weighted by atomic mass is 10.1. The minimum Gasteiger partial charge on any atom is -0.480 e. The van der Waals surface area contributed by atoms with Crippen LogP contribution in [0.1, 0.15) is 26.7 Å². The molecular formula is C13H24N3O9P. The maximum absolute atomic E-state index is 12.8. The van der Waals surface area contributed by atoms with E-state index in [-0.39, 0.29) is 26.1 Å². The van der Waals surface area contributed by atoms with Crippen molar-refractivity contribution in [1.82, 2.24) is 10.6 Å². The number of hydrogen-bond acceptors (Lipinski definition) is 8. The minimum absolute atomic E-state index is 0.0975. The SMILES string of the molecule is CCOP(=O)(OCC)C(NC(=O)CC[C@H](N)C(=O)O)C(=O)NCC(=O)O. The molecule has 12 nitrogen and oxygen atoms in total. The van der Waals surface area contributed by atoms with Gasteiger partial charge < -0.3 is 35.6 Å². The monoisotopic (exact) mass is 397 g/mol. The lowest BCUT2D eigenvalue weighted by molar-refractivity contribution is -0.139. The standard InChI is InChI=1S/C13H24N3O9P/c1-3-24-26(23,25-4-2)12(11(20)15-7-10(18)19)16-9(17)6-5-8(14)13(21)22/h8,12H,3-7,14H2,1-2H3,(H,15,20)(H,16,17)(H,18,19)(H,21,22)/t8-,12?/m0/s1. The number of amides is 2. The van der Waals surface area contributed by atoms with Gasteiger partial charge in [0.25, 0.3) is 5.91 Å². The Labute approximate surface area is 149 Å². The smallest absolute Gasteiger partial charge is 0.362 e. The average molecular weight is 397 g/mol. The molecule has 26 heavy (non-hydrogen) atoms. The van der Waals surface area contributed by atoms with Crippen LogP contribution in [0.25, 0.3) is 0 Å². The third-order valence-corrected chi connectivity index (χ3v) is 5.13. The van der Waals surface area contributed by atoms with Crippen molar-refractivity contribution < 1.29 is 43.0 Å². The van der Waals surface area contributed by atoms with Gasteiger partial charge in [0, 0.05) is 6.42 Å². The Balaban J connectivity index is 5.27. The van der Waals surface area contributed by atoms with Crippen molar-refractivity contribution in [3.05, 3.63) is 0 Å². The number of nitrogens with one attached hydrogen (secondary N) is 2. The van der Waals surface area contributed by atoms with E-state index in [1.165, 1.54) is 13.8 Å². The molecule has 13 heteroatoms. The van der Waals surface area contributed by atoms with Crippen LogP contribution in [0.4, 0.5) is 0 Å². The first-order chi connectivity index (χ1) is 12.1. The van der Waals surface area contributed by atoms with Gasteiger partial charge >= 0.3 is 19.5 Å². The molecule has 0 aromatic rings. The molecule has 0 bridgehead atoms. The second kappa shape index (κ2) is 11.6. The van der Waals surface area contributed by atoms with Crippen molar-refractivity contribution >= 4 is 31.3 Å². The summed E-state index contributed by atoms with van der Waals surface area (Å²) in [5, 5.41) is 21.5. The predicted octanol–water partition coefficient (Wildman–Crippen LogP) is -0.912. The highest BCUT2D eigenvalue weighted by atomic mass is 31.2. The molecule has 2 atom stereocenters. The summed E-state index contributed by atoms with van der Waals surface area (Å²) in [6.45, 7) is 2.02. The van der Waals surface area contributed by atoms with Crippen LogP contribution in [0, 0.1) is 0 Å². The molecule has 0 aromatic carbocycles. The number of carboxylic acids is 2. The highest BCUT2D eigenvalue weighted by Crippen LogP contribution is 2.52. The van der Waals surface area contributed by atoms with Crippen molar-refractivity contribution in [2.45, 2.75) is 38.5 Å². The van der Waals surface area contributed by atoms with Crippen LogP contribution in [0.3, 0.4) is 0 Å². The summed E-state index contributed by atoms with van der Waals surface area (Å²) in [7, 11) is -4.15. The average Bonchev–Trinajstić information content (AvgIpc) is 2.55. The third-order valence-electron chi connectivity index (χ3n) is 2.89. The van der Waals surface area contributed by atoms with E-state index < -0.39 is 49.7 Å². The maximum Gasteiger partial charge on any atom is 0.362 e. The lowest BCUT2D eigenvalue weighted by Crippen LogP contribution is -2.48. The van der Waals surface area contributed by atoms with Gasteiger partial charge in [-0.2, -0.15) is 0 Å². The van der Waals surface area contributed by atoms with Crippen LogP contribution in [-0.4, -0.2) is 65.5 Å². The zero-order valence-corrected chi connectivity index (χ0v) is 15.4. The molecule has 0 saturated carbocycles. The molecule has 0 aliphatic heterocycles. The third kappa shape index (κ3) is 8.39. The zero-order chi connectivity index (χ0) is 20.3. The Kier molecular flexibility index (Phi) is 10.7. The highest BCUT2D eigenvalue weighted by Gasteiger charge is 2.42. The van der Waals surface area contributed by atoms with Gasteiger partial charge in [-0.05, 0) is 20.3 Å². The van der Waals surface area contributed by atoms with Crippen LogP contribution in [0.2, 0.25) is 0 Å². The Bertz CT molecular complexity index is 559. The molecule has 0 saturated heterocycles. The van der Waals surface area contributed by atoms with Gasteiger partial charge in [-0.3, -0.25) is 23.7 Å². The van der Waals surface area contributed by atoms with Crippen LogP contribution < -0.4 is 16.4 Å². The number of aliphatic carboxylic acids is 2. The molecule has 0 heterocycles. The summed E-state index contributed by atoms with van der Waals surface area (Å²) in [4.78, 5) is 45.4. The van der Waals surface area contributed by atoms with E-state index in [1.54, 1.807) is 0 Å². The first-order valence-electron chi connectivity index (χ1n) is 7.73. The predicted molar refractivity (Wildman–Crippen MR) is 88.3 cm³/mol. The Morgan fingerprint density at radius 3 is 2.08 bits per heavy atom. The van der Waals surface area contributed by atoms with Gasteiger partial charge in [-0.25, -0.2) is 0 Å². The first-order valence-corrected chi connectivity index (χ1v) is 9.34. The van der Waals surface area contributed by atoms with Crippen molar-refractivity contribution in [2.75, 3.05) is 19.8 Å². The topological polar surface area (TPSA) is 194 Å². The summed E-state index contributed by atoms with van der Waals surface area (Å²) < 4.78 is 22.8. The number of hydrogen-bond donors (Lipinski definition) is 5. The van der Waals surface area contributed by atoms with E-state index in [9.17, 15) is 23.7 Å². The van der Waals surface area contributed by atoms with Crippen LogP contribution >= 0.6 is 7.60 Å². The van der Waals surface area contributed by atoms with E-state index in [4.69, 9.17) is 25.0 Å². The minimum atomic E-state index is -4.15. The number of carbonyl (C=O) groups is 4.